The molecule has 4 rings (SSSR count). The lowest BCUT2D eigenvalue weighted by molar-refractivity contribution is -0.0173. The molecule has 32 heavy (non-hydrogen) atoms. The van der Waals surface area contributed by atoms with E-state index in [1.54, 1.807) is 0 Å². The molecule has 0 saturated heterocycles. The van der Waals surface area contributed by atoms with E-state index in [2.05, 4.69) is 79.2 Å². The number of benzene rings is 2. The quantitative estimate of drug-likeness (QED) is 0.205. The Balaban J connectivity index is 1.66. The van der Waals surface area contributed by atoms with Crippen LogP contribution >= 0.6 is 11.8 Å². The molecule has 6 heteroatoms. The Morgan fingerprint density at radius 2 is 1.62 bits per heavy atom. The maximum atomic E-state index is 6.26. The van der Waals surface area contributed by atoms with Crippen LogP contribution in [0.5, 0.6) is 0 Å². The van der Waals surface area contributed by atoms with Crippen molar-refractivity contribution in [2.24, 2.45) is 5.73 Å². The molecule has 0 bridgehead atoms. The van der Waals surface area contributed by atoms with Crippen LogP contribution in [-0.2, 0) is 9.47 Å². The summed E-state index contributed by atoms with van der Waals surface area (Å²) < 4.78 is 12.4. The van der Waals surface area contributed by atoms with Crippen molar-refractivity contribution in [2.45, 2.75) is 48.0 Å². The van der Waals surface area contributed by atoms with E-state index in [9.17, 15) is 0 Å². The fourth-order valence-electron chi connectivity index (χ4n) is 3.84. The second-order valence-electron chi connectivity index (χ2n) is 9.49. The molecule has 0 spiro atoms. The Kier molecular flexibility index (Phi) is 7.58. The third-order valence-electron chi connectivity index (χ3n) is 5.67. The zero-order valence-electron chi connectivity index (χ0n) is 19.3. The van der Waals surface area contributed by atoms with E-state index < -0.39 is 8.07 Å². The molecule has 1 aromatic heterocycles. The van der Waals surface area contributed by atoms with E-state index in [1.165, 1.54) is 26.5 Å². The SMILES string of the molecule is C[Si](C)(C)CCOCC(OCCCN)c1cc2c([nH]1)-c1ccccc1Sc1ccccc1-2. The molecule has 3 N–H and O–H groups in total. The summed E-state index contributed by atoms with van der Waals surface area (Å²) in [5.41, 5.74) is 11.6. The maximum absolute atomic E-state index is 6.26. The minimum Gasteiger partial charge on any atom is -0.379 e. The molecule has 0 saturated carbocycles. The highest BCUT2D eigenvalue weighted by Gasteiger charge is 2.25. The van der Waals surface area contributed by atoms with Crippen LogP contribution in [0, 0.1) is 0 Å². The van der Waals surface area contributed by atoms with Crippen molar-refractivity contribution < 1.29 is 9.47 Å². The highest BCUT2D eigenvalue weighted by molar-refractivity contribution is 7.99. The Bertz CT molecular complexity index is 981. The van der Waals surface area contributed by atoms with Crippen molar-refractivity contribution in [3.05, 3.63) is 60.3 Å². The monoisotopic (exact) mass is 466 g/mol. The van der Waals surface area contributed by atoms with Gasteiger partial charge >= 0.3 is 0 Å². The lowest BCUT2D eigenvalue weighted by atomic mass is 10.0. The maximum Gasteiger partial charge on any atom is 0.120 e. The van der Waals surface area contributed by atoms with E-state index in [-0.39, 0.29) is 6.10 Å². The van der Waals surface area contributed by atoms with Crippen molar-refractivity contribution >= 4 is 19.8 Å². The van der Waals surface area contributed by atoms with Crippen molar-refractivity contribution in [3.8, 4) is 22.4 Å². The van der Waals surface area contributed by atoms with E-state index >= 15 is 0 Å². The third kappa shape index (κ3) is 5.56. The van der Waals surface area contributed by atoms with Gasteiger partial charge in [0.1, 0.15) is 6.10 Å². The Morgan fingerprint density at radius 3 is 2.34 bits per heavy atom. The second-order valence-corrected chi connectivity index (χ2v) is 16.2. The molecule has 1 atom stereocenters. The van der Waals surface area contributed by atoms with E-state index in [0.717, 1.165) is 30.5 Å². The summed E-state index contributed by atoms with van der Waals surface area (Å²) in [6.07, 6.45) is 0.704. The number of nitrogens with one attached hydrogen (secondary N) is 1. The van der Waals surface area contributed by atoms with Gasteiger partial charge in [0.15, 0.2) is 0 Å². The molecule has 0 fully saturated rings. The highest BCUT2D eigenvalue weighted by atomic mass is 32.2. The average molecular weight is 467 g/mol. The van der Waals surface area contributed by atoms with Crippen LogP contribution in [0.2, 0.25) is 25.7 Å². The second kappa shape index (κ2) is 10.4. The summed E-state index contributed by atoms with van der Waals surface area (Å²) in [5, 5.41) is 0. The largest absolute Gasteiger partial charge is 0.379 e. The molecule has 2 aromatic carbocycles. The first-order chi connectivity index (χ1) is 15.5. The summed E-state index contributed by atoms with van der Waals surface area (Å²) in [4.78, 5) is 6.25. The van der Waals surface area contributed by atoms with Crippen LogP contribution in [0.25, 0.3) is 22.4 Å². The number of aromatic amines is 1. The molecule has 4 nitrogen and oxygen atoms in total. The Labute approximate surface area is 196 Å². The van der Waals surface area contributed by atoms with Crippen LogP contribution in [0.4, 0.5) is 0 Å². The molecule has 1 aliphatic heterocycles. The average Bonchev–Trinajstić information content (AvgIpc) is 3.15. The number of hydrogen-bond donors (Lipinski definition) is 2. The van der Waals surface area contributed by atoms with Gasteiger partial charge in [0.05, 0.1) is 12.3 Å². The predicted octanol–water partition coefficient (Wildman–Crippen LogP) is 6.57. The molecule has 0 radical (unpaired) electrons. The standard InChI is InChI=1S/C26H34N2O2SSi/c1-32(2,3)16-15-29-18-23(30-14-8-13-27)22-17-21-19-9-4-6-11-24(19)31-25-12-7-5-10-20(25)26(21)28-22/h4-7,9-12,17,23,28H,8,13-16,18,27H2,1-3H3. The van der Waals surface area contributed by atoms with E-state index in [0.29, 0.717) is 19.8 Å². The van der Waals surface area contributed by atoms with Crippen LogP contribution in [0.3, 0.4) is 0 Å². The van der Waals surface area contributed by atoms with Gasteiger partial charge in [0.2, 0.25) is 0 Å². The lowest BCUT2D eigenvalue weighted by Gasteiger charge is -2.20. The number of nitrogens with two attached hydrogens (primary N) is 1. The van der Waals surface area contributed by atoms with Crippen LogP contribution in [-0.4, -0.2) is 39.4 Å². The highest BCUT2D eigenvalue weighted by Crippen LogP contribution is 2.48. The molecule has 1 unspecified atom stereocenters. The molecular weight excluding hydrogens is 432 g/mol. The van der Waals surface area contributed by atoms with Crippen molar-refractivity contribution in [3.63, 3.8) is 0 Å². The number of rotatable bonds is 10. The van der Waals surface area contributed by atoms with Gasteiger partial charge in [0.25, 0.3) is 0 Å². The third-order valence-corrected chi connectivity index (χ3v) is 8.53. The zero-order chi connectivity index (χ0) is 22.6. The summed E-state index contributed by atoms with van der Waals surface area (Å²) in [6.45, 7) is 9.72. The number of fused-ring (bicyclic) bond motifs is 5. The molecular formula is C26H34N2O2SSi. The minimum absolute atomic E-state index is 0.137. The summed E-state index contributed by atoms with van der Waals surface area (Å²) in [6, 6.07) is 20.6. The first-order valence-corrected chi connectivity index (χ1v) is 16.0. The summed E-state index contributed by atoms with van der Waals surface area (Å²) in [5.74, 6) is 0. The van der Waals surface area contributed by atoms with Gasteiger partial charge in [-0.05, 0) is 42.8 Å². The fourth-order valence-corrected chi connectivity index (χ4v) is 5.69. The van der Waals surface area contributed by atoms with Gasteiger partial charge in [-0.1, -0.05) is 67.8 Å². The summed E-state index contributed by atoms with van der Waals surface area (Å²) >= 11 is 1.83. The molecule has 0 aliphatic carbocycles. The molecule has 0 amide bonds. The van der Waals surface area contributed by atoms with Gasteiger partial charge in [-0.15, -0.1) is 0 Å². The molecule has 170 valence electrons. The normalized spacial score (nSPS) is 13.8. The van der Waals surface area contributed by atoms with Crippen molar-refractivity contribution in [1.29, 1.82) is 0 Å². The van der Waals surface area contributed by atoms with Gasteiger partial charge in [-0.3, -0.25) is 0 Å². The van der Waals surface area contributed by atoms with Gasteiger partial charge < -0.3 is 20.2 Å². The van der Waals surface area contributed by atoms with Crippen LogP contribution in [0.15, 0.2) is 64.4 Å². The first kappa shape index (κ1) is 23.3. The lowest BCUT2D eigenvalue weighted by Crippen LogP contribution is -2.23. The first-order valence-electron chi connectivity index (χ1n) is 11.5. The Morgan fingerprint density at radius 1 is 0.938 bits per heavy atom. The van der Waals surface area contributed by atoms with Gasteiger partial charge in [0, 0.05) is 47.9 Å². The predicted molar refractivity (Wildman–Crippen MR) is 137 cm³/mol. The smallest absolute Gasteiger partial charge is 0.120 e. The topological polar surface area (TPSA) is 60.3 Å². The van der Waals surface area contributed by atoms with Crippen molar-refractivity contribution in [1.82, 2.24) is 4.98 Å². The van der Waals surface area contributed by atoms with Crippen LogP contribution < -0.4 is 5.73 Å². The number of H-pyrrole nitrogens is 1. The van der Waals surface area contributed by atoms with E-state index in [4.69, 9.17) is 15.2 Å². The molecule has 3 aromatic rings. The number of aromatic nitrogens is 1. The zero-order valence-corrected chi connectivity index (χ0v) is 21.1. The van der Waals surface area contributed by atoms with Gasteiger partial charge in [-0.2, -0.15) is 0 Å². The Hall–Kier alpha value is -1.83. The molecule has 1 aliphatic rings. The van der Waals surface area contributed by atoms with Crippen molar-refractivity contribution in [2.75, 3.05) is 26.4 Å². The van der Waals surface area contributed by atoms with Gasteiger partial charge in [-0.25, -0.2) is 0 Å². The number of ether oxygens (including phenoxy) is 2. The fraction of sp³-hybridized carbons (Fsp3) is 0.385. The minimum atomic E-state index is -1.13. The van der Waals surface area contributed by atoms with Crippen LogP contribution in [0.1, 0.15) is 18.2 Å². The summed E-state index contributed by atoms with van der Waals surface area (Å²) in [7, 11) is -1.13. The number of hydrogen-bond acceptors (Lipinski definition) is 4. The van der Waals surface area contributed by atoms with E-state index in [1.807, 2.05) is 11.8 Å². The molecule has 2 heterocycles.